The number of nitrogens with zero attached hydrogens (tertiary/aromatic N) is 3. The summed E-state index contributed by atoms with van der Waals surface area (Å²) in [6.45, 7) is 5.28. The van der Waals surface area contributed by atoms with Crippen LogP contribution in [0, 0.1) is 5.92 Å². The standard InChI is InChI=1S/C20H23F3N4OS/c1-14(2)13-26-18(17-8-5-11-29-17)25-27(19(26)28)10-9-24-12-15-6-3-4-7-16(15)20(21,22)23/h3-8,11,14,24H,9-10,12-13H2,1-2H3. The first-order valence-electron chi connectivity index (χ1n) is 9.34. The molecule has 29 heavy (non-hydrogen) atoms. The van der Waals surface area contributed by atoms with E-state index in [1.165, 1.54) is 28.2 Å². The fourth-order valence-electron chi connectivity index (χ4n) is 3.06. The first-order chi connectivity index (χ1) is 13.8. The number of hydrogen-bond acceptors (Lipinski definition) is 4. The largest absolute Gasteiger partial charge is 0.416 e. The Morgan fingerprint density at radius 1 is 1.17 bits per heavy atom. The van der Waals surface area contributed by atoms with Crippen LogP contribution < -0.4 is 11.0 Å². The third-order valence-corrected chi connectivity index (χ3v) is 5.22. The van der Waals surface area contributed by atoms with Crippen LogP contribution in [0.15, 0.2) is 46.6 Å². The van der Waals surface area contributed by atoms with Crippen LogP contribution in [0.3, 0.4) is 0 Å². The highest BCUT2D eigenvalue weighted by atomic mass is 32.1. The zero-order chi connectivity index (χ0) is 21.0. The molecule has 0 saturated carbocycles. The summed E-state index contributed by atoms with van der Waals surface area (Å²) in [5.41, 5.74) is -0.678. The monoisotopic (exact) mass is 424 g/mol. The van der Waals surface area contributed by atoms with Gasteiger partial charge in [0.2, 0.25) is 0 Å². The highest BCUT2D eigenvalue weighted by molar-refractivity contribution is 7.13. The molecule has 1 aromatic carbocycles. The van der Waals surface area contributed by atoms with Crippen LogP contribution in [-0.2, 0) is 25.8 Å². The van der Waals surface area contributed by atoms with Crippen LogP contribution in [0.1, 0.15) is 25.0 Å². The molecule has 0 saturated heterocycles. The molecule has 156 valence electrons. The van der Waals surface area contributed by atoms with Gasteiger partial charge in [0.15, 0.2) is 5.82 Å². The third kappa shape index (κ3) is 5.16. The minimum Gasteiger partial charge on any atom is -0.311 e. The van der Waals surface area contributed by atoms with Crippen molar-refractivity contribution in [2.45, 2.75) is 39.7 Å². The number of halogens is 3. The second-order valence-electron chi connectivity index (χ2n) is 7.14. The van der Waals surface area contributed by atoms with Crippen LogP contribution in [-0.4, -0.2) is 20.9 Å². The van der Waals surface area contributed by atoms with Crippen molar-refractivity contribution >= 4 is 11.3 Å². The van der Waals surface area contributed by atoms with E-state index in [-0.39, 0.29) is 30.3 Å². The number of benzene rings is 1. The van der Waals surface area contributed by atoms with Gasteiger partial charge in [-0.15, -0.1) is 16.4 Å². The smallest absolute Gasteiger partial charge is 0.311 e. The van der Waals surface area contributed by atoms with Crippen molar-refractivity contribution in [1.82, 2.24) is 19.7 Å². The molecule has 1 N–H and O–H groups in total. The lowest BCUT2D eigenvalue weighted by Gasteiger charge is -2.13. The van der Waals surface area contributed by atoms with E-state index in [0.29, 0.717) is 18.9 Å². The number of nitrogens with one attached hydrogen (secondary N) is 1. The molecule has 0 aliphatic heterocycles. The molecule has 0 bridgehead atoms. The topological polar surface area (TPSA) is 51.9 Å². The van der Waals surface area contributed by atoms with Gasteiger partial charge in [-0.2, -0.15) is 13.2 Å². The average Bonchev–Trinajstić information content (AvgIpc) is 3.28. The van der Waals surface area contributed by atoms with Gasteiger partial charge in [0, 0.05) is 19.6 Å². The molecule has 0 unspecified atom stereocenters. The number of aromatic nitrogens is 3. The van der Waals surface area contributed by atoms with E-state index in [2.05, 4.69) is 10.4 Å². The van der Waals surface area contributed by atoms with Gasteiger partial charge in [0.05, 0.1) is 17.0 Å². The Balaban J connectivity index is 1.70. The van der Waals surface area contributed by atoms with Gasteiger partial charge in [-0.1, -0.05) is 38.1 Å². The van der Waals surface area contributed by atoms with Gasteiger partial charge in [-0.3, -0.25) is 4.57 Å². The zero-order valence-electron chi connectivity index (χ0n) is 16.2. The Bertz CT molecular complexity index is 990. The minimum absolute atomic E-state index is 0.0644. The van der Waals surface area contributed by atoms with Crippen molar-refractivity contribution in [2.75, 3.05) is 6.54 Å². The highest BCUT2D eigenvalue weighted by Crippen LogP contribution is 2.31. The lowest BCUT2D eigenvalue weighted by Crippen LogP contribution is -2.30. The first kappa shape index (κ1) is 21.3. The maximum Gasteiger partial charge on any atom is 0.416 e. The van der Waals surface area contributed by atoms with E-state index < -0.39 is 11.7 Å². The molecule has 5 nitrogen and oxygen atoms in total. The summed E-state index contributed by atoms with van der Waals surface area (Å²) in [6.07, 6.45) is -4.39. The molecule has 0 aliphatic carbocycles. The van der Waals surface area contributed by atoms with E-state index in [1.54, 1.807) is 10.6 Å². The quantitative estimate of drug-likeness (QED) is 0.551. The Kier molecular flexibility index (Phi) is 6.59. The zero-order valence-corrected chi connectivity index (χ0v) is 17.1. The molecule has 0 aliphatic rings. The lowest BCUT2D eigenvalue weighted by atomic mass is 10.1. The molecule has 2 heterocycles. The van der Waals surface area contributed by atoms with Gasteiger partial charge < -0.3 is 5.32 Å². The molecule has 0 amide bonds. The normalized spacial score (nSPS) is 12.1. The molecule has 3 rings (SSSR count). The van der Waals surface area contributed by atoms with Gasteiger partial charge in [0.25, 0.3) is 0 Å². The maximum atomic E-state index is 13.1. The van der Waals surface area contributed by atoms with Crippen LogP contribution in [0.25, 0.3) is 10.7 Å². The summed E-state index contributed by atoms with van der Waals surface area (Å²) in [7, 11) is 0. The summed E-state index contributed by atoms with van der Waals surface area (Å²) >= 11 is 1.51. The molecule has 0 radical (unpaired) electrons. The molecule has 3 aromatic rings. The van der Waals surface area contributed by atoms with Crippen molar-refractivity contribution < 1.29 is 13.2 Å². The molecular formula is C20H23F3N4OS. The van der Waals surface area contributed by atoms with E-state index in [1.807, 2.05) is 31.4 Å². The summed E-state index contributed by atoms with van der Waals surface area (Å²) < 4.78 is 42.3. The van der Waals surface area contributed by atoms with E-state index in [0.717, 1.165) is 10.9 Å². The number of alkyl halides is 3. The van der Waals surface area contributed by atoms with Crippen LogP contribution in [0.5, 0.6) is 0 Å². The Labute approximate surface area is 170 Å². The predicted molar refractivity (Wildman–Crippen MR) is 108 cm³/mol. The molecule has 0 spiro atoms. The van der Waals surface area contributed by atoms with E-state index in [4.69, 9.17) is 0 Å². The van der Waals surface area contributed by atoms with Crippen molar-refractivity contribution in [1.29, 1.82) is 0 Å². The number of hydrogen-bond donors (Lipinski definition) is 1. The van der Waals surface area contributed by atoms with E-state index in [9.17, 15) is 18.0 Å². The van der Waals surface area contributed by atoms with Crippen molar-refractivity contribution in [2.24, 2.45) is 5.92 Å². The number of rotatable bonds is 8. The van der Waals surface area contributed by atoms with Crippen molar-refractivity contribution in [3.8, 4) is 10.7 Å². The second kappa shape index (κ2) is 8.96. The Hall–Kier alpha value is -2.39. The fraction of sp³-hybridized carbons (Fsp3) is 0.400. The SMILES string of the molecule is CC(C)Cn1c(-c2cccs2)nn(CCNCc2ccccc2C(F)(F)F)c1=O. The highest BCUT2D eigenvalue weighted by Gasteiger charge is 2.32. The van der Waals surface area contributed by atoms with Crippen molar-refractivity contribution in [3.63, 3.8) is 0 Å². The molecule has 0 atom stereocenters. The number of thiophene rings is 1. The minimum atomic E-state index is -4.39. The van der Waals surface area contributed by atoms with E-state index >= 15 is 0 Å². The maximum absolute atomic E-state index is 13.1. The summed E-state index contributed by atoms with van der Waals surface area (Å²) in [5, 5.41) is 9.38. The molecule has 9 heteroatoms. The van der Waals surface area contributed by atoms with Gasteiger partial charge in [0.1, 0.15) is 0 Å². The predicted octanol–water partition coefficient (Wildman–Crippen LogP) is 4.24. The van der Waals surface area contributed by atoms with Crippen LogP contribution in [0.2, 0.25) is 0 Å². The van der Waals surface area contributed by atoms with Gasteiger partial charge in [-0.25, -0.2) is 9.48 Å². The first-order valence-corrected chi connectivity index (χ1v) is 10.2. The summed E-state index contributed by atoms with van der Waals surface area (Å²) in [4.78, 5) is 13.7. The summed E-state index contributed by atoms with van der Waals surface area (Å²) in [6, 6.07) is 9.30. The summed E-state index contributed by atoms with van der Waals surface area (Å²) in [5.74, 6) is 0.905. The fourth-order valence-corrected chi connectivity index (χ4v) is 3.78. The van der Waals surface area contributed by atoms with Crippen molar-refractivity contribution in [3.05, 3.63) is 63.4 Å². The van der Waals surface area contributed by atoms with Crippen LogP contribution >= 0.6 is 11.3 Å². The molecule has 2 aromatic heterocycles. The van der Waals surface area contributed by atoms with Gasteiger partial charge in [-0.05, 0) is 29.0 Å². The average molecular weight is 424 g/mol. The second-order valence-corrected chi connectivity index (χ2v) is 8.09. The molecular weight excluding hydrogens is 401 g/mol. The van der Waals surface area contributed by atoms with Gasteiger partial charge >= 0.3 is 11.9 Å². The molecule has 0 fully saturated rings. The Morgan fingerprint density at radius 3 is 2.59 bits per heavy atom. The lowest BCUT2D eigenvalue weighted by molar-refractivity contribution is -0.138. The Morgan fingerprint density at radius 2 is 1.93 bits per heavy atom. The van der Waals surface area contributed by atoms with Crippen LogP contribution in [0.4, 0.5) is 13.2 Å². The third-order valence-electron chi connectivity index (χ3n) is 4.35.